The lowest BCUT2D eigenvalue weighted by atomic mass is 10.1. The van der Waals surface area contributed by atoms with E-state index in [4.69, 9.17) is 4.74 Å². The number of amides is 1. The molecule has 33 heavy (non-hydrogen) atoms. The molecule has 0 atom stereocenters. The molecule has 0 spiro atoms. The first-order valence-electron chi connectivity index (χ1n) is 10.7. The van der Waals surface area contributed by atoms with Gasteiger partial charge in [0.25, 0.3) is 0 Å². The van der Waals surface area contributed by atoms with Crippen molar-refractivity contribution in [2.75, 3.05) is 5.75 Å². The van der Waals surface area contributed by atoms with Gasteiger partial charge in [-0.2, -0.15) is 0 Å². The number of aryl methyl sites for hydroxylation is 2. The fraction of sp³-hybridized carbons (Fsp3) is 0.192. The van der Waals surface area contributed by atoms with Crippen LogP contribution in [0.3, 0.4) is 0 Å². The minimum Gasteiger partial charge on any atom is -0.485 e. The molecule has 3 aromatic carbocycles. The van der Waals surface area contributed by atoms with E-state index in [9.17, 15) is 4.79 Å². The molecular weight excluding hydrogens is 432 g/mol. The number of benzene rings is 3. The van der Waals surface area contributed by atoms with E-state index in [1.165, 1.54) is 17.3 Å². The van der Waals surface area contributed by atoms with Crippen LogP contribution in [-0.4, -0.2) is 26.4 Å². The highest BCUT2D eigenvalue weighted by molar-refractivity contribution is 7.99. The number of para-hydroxylation sites is 2. The highest BCUT2D eigenvalue weighted by atomic mass is 32.2. The van der Waals surface area contributed by atoms with Crippen LogP contribution in [0.1, 0.15) is 22.5 Å². The molecule has 7 heteroatoms. The summed E-state index contributed by atoms with van der Waals surface area (Å²) in [4.78, 5) is 12.4. The fourth-order valence-corrected chi connectivity index (χ4v) is 4.07. The van der Waals surface area contributed by atoms with Gasteiger partial charge in [-0.1, -0.05) is 78.0 Å². The Morgan fingerprint density at radius 2 is 1.67 bits per heavy atom. The third-order valence-electron chi connectivity index (χ3n) is 5.11. The molecule has 0 saturated heterocycles. The van der Waals surface area contributed by atoms with Gasteiger partial charge in [-0.3, -0.25) is 9.36 Å². The molecule has 0 fully saturated rings. The van der Waals surface area contributed by atoms with Crippen molar-refractivity contribution in [3.05, 3.63) is 101 Å². The monoisotopic (exact) mass is 458 g/mol. The number of ether oxygens (including phenoxy) is 1. The summed E-state index contributed by atoms with van der Waals surface area (Å²) >= 11 is 1.35. The zero-order valence-corrected chi connectivity index (χ0v) is 19.5. The molecule has 1 amide bonds. The minimum absolute atomic E-state index is 0.0547. The molecule has 0 aliphatic rings. The predicted molar refractivity (Wildman–Crippen MR) is 131 cm³/mol. The van der Waals surface area contributed by atoms with Crippen molar-refractivity contribution in [2.24, 2.45) is 0 Å². The Labute approximate surface area is 198 Å². The second-order valence-corrected chi connectivity index (χ2v) is 8.62. The highest BCUT2D eigenvalue weighted by Gasteiger charge is 2.16. The second-order valence-electron chi connectivity index (χ2n) is 7.67. The van der Waals surface area contributed by atoms with Crippen molar-refractivity contribution in [3.8, 4) is 11.4 Å². The Hall–Kier alpha value is -3.58. The van der Waals surface area contributed by atoms with E-state index in [1.807, 2.05) is 97.3 Å². The maximum atomic E-state index is 12.4. The van der Waals surface area contributed by atoms with E-state index in [0.717, 1.165) is 22.6 Å². The topological polar surface area (TPSA) is 69.0 Å². The Morgan fingerprint density at radius 3 is 2.42 bits per heavy atom. The Morgan fingerprint density at radius 1 is 0.939 bits per heavy atom. The second kappa shape index (κ2) is 10.8. The maximum Gasteiger partial charge on any atom is 0.230 e. The summed E-state index contributed by atoms with van der Waals surface area (Å²) in [5, 5.41) is 12.3. The van der Waals surface area contributed by atoms with Crippen LogP contribution < -0.4 is 10.1 Å². The average Bonchev–Trinajstić information content (AvgIpc) is 3.25. The van der Waals surface area contributed by atoms with Gasteiger partial charge >= 0.3 is 0 Å². The zero-order valence-electron chi connectivity index (χ0n) is 18.7. The Kier molecular flexibility index (Phi) is 7.42. The molecule has 168 valence electrons. The van der Waals surface area contributed by atoms with Crippen LogP contribution in [0, 0.1) is 13.8 Å². The van der Waals surface area contributed by atoms with Gasteiger partial charge in [-0.25, -0.2) is 0 Å². The van der Waals surface area contributed by atoms with Gasteiger partial charge in [0.1, 0.15) is 12.4 Å². The molecule has 0 radical (unpaired) electrons. The third-order valence-corrected chi connectivity index (χ3v) is 6.04. The van der Waals surface area contributed by atoms with Gasteiger partial charge in [-0.05, 0) is 43.2 Å². The van der Waals surface area contributed by atoms with Gasteiger partial charge in [0, 0.05) is 12.2 Å². The molecule has 0 aliphatic heterocycles. The lowest BCUT2D eigenvalue weighted by molar-refractivity contribution is -0.118. The van der Waals surface area contributed by atoms with Gasteiger partial charge < -0.3 is 10.1 Å². The van der Waals surface area contributed by atoms with E-state index in [-0.39, 0.29) is 18.3 Å². The molecule has 4 rings (SSSR count). The normalized spacial score (nSPS) is 10.7. The smallest absolute Gasteiger partial charge is 0.230 e. The van der Waals surface area contributed by atoms with Gasteiger partial charge in [-0.15, -0.1) is 10.2 Å². The molecule has 1 N–H and O–H groups in total. The average molecular weight is 459 g/mol. The minimum atomic E-state index is -0.0547. The molecule has 1 heterocycles. The molecule has 0 saturated carbocycles. The number of thioether (sulfide) groups is 1. The van der Waals surface area contributed by atoms with Gasteiger partial charge in [0.15, 0.2) is 11.0 Å². The van der Waals surface area contributed by atoms with Crippen molar-refractivity contribution >= 4 is 17.7 Å². The molecule has 0 aliphatic carbocycles. The molecule has 0 unspecified atom stereocenters. The van der Waals surface area contributed by atoms with E-state index in [0.29, 0.717) is 17.5 Å². The van der Waals surface area contributed by atoms with Crippen LogP contribution >= 0.6 is 11.8 Å². The first kappa shape index (κ1) is 22.6. The standard InChI is InChI=1S/C26H26N4O2S/c1-19-12-14-21(15-13-19)16-27-25(31)18-33-26-29-28-24(30(26)22-9-4-3-5-10-22)17-32-23-11-7-6-8-20(23)2/h3-15H,16-18H2,1-2H3,(H,27,31). The molecule has 4 aromatic rings. The number of nitrogens with one attached hydrogen (secondary N) is 1. The lowest BCUT2D eigenvalue weighted by Crippen LogP contribution is -2.24. The van der Waals surface area contributed by atoms with Crippen LogP contribution in [0.4, 0.5) is 0 Å². The van der Waals surface area contributed by atoms with Crippen molar-refractivity contribution in [3.63, 3.8) is 0 Å². The summed E-state index contributed by atoms with van der Waals surface area (Å²) in [6, 6.07) is 25.9. The third kappa shape index (κ3) is 6.02. The highest BCUT2D eigenvalue weighted by Crippen LogP contribution is 2.24. The quantitative estimate of drug-likeness (QED) is 0.362. The van der Waals surface area contributed by atoms with Crippen molar-refractivity contribution in [1.29, 1.82) is 0 Å². The summed E-state index contributed by atoms with van der Waals surface area (Å²) in [6.07, 6.45) is 0. The largest absolute Gasteiger partial charge is 0.485 e. The summed E-state index contributed by atoms with van der Waals surface area (Å²) in [6.45, 7) is 4.82. The number of nitrogens with zero attached hydrogens (tertiary/aromatic N) is 3. The zero-order chi connectivity index (χ0) is 23.0. The summed E-state index contributed by atoms with van der Waals surface area (Å²) in [7, 11) is 0. The van der Waals surface area contributed by atoms with E-state index in [2.05, 4.69) is 15.5 Å². The molecular formula is C26H26N4O2S. The molecule has 6 nitrogen and oxygen atoms in total. The maximum absolute atomic E-state index is 12.4. The van der Waals surface area contributed by atoms with E-state index >= 15 is 0 Å². The summed E-state index contributed by atoms with van der Waals surface area (Å²) in [5.41, 5.74) is 4.25. The van der Waals surface area contributed by atoms with Crippen LogP contribution in [0.2, 0.25) is 0 Å². The van der Waals surface area contributed by atoms with Crippen LogP contribution in [0.25, 0.3) is 5.69 Å². The molecule has 0 bridgehead atoms. The first-order valence-corrected chi connectivity index (χ1v) is 11.7. The van der Waals surface area contributed by atoms with E-state index in [1.54, 1.807) is 0 Å². The first-order chi connectivity index (χ1) is 16.1. The van der Waals surface area contributed by atoms with Crippen molar-refractivity contribution < 1.29 is 9.53 Å². The number of hydrogen-bond acceptors (Lipinski definition) is 5. The number of hydrogen-bond donors (Lipinski definition) is 1. The molecule has 1 aromatic heterocycles. The SMILES string of the molecule is Cc1ccc(CNC(=O)CSc2nnc(COc3ccccc3C)n2-c2ccccc2)cc1. The Balaban J connectivity index is 1.44. The Bertz CT molecular complexity index is 1210. The van der Waals surface area contributed by atoms with E-state index < -0.39 is 0 Å². The van der Waals surface area contributed by atoms with Crippen LogP contribution in [-0.2, 0) is 17.9 Å². The fourth-order valence-electron chi connectivity index (χ4n) is 3.27. The lowest BCUT2D eigenvalue weighted by Gasteiger charge is -2.12. The van der Waals surface area contributed by atoms with Gasteiger partial charge in [0.2, 0.25) is 5.91 Å². The van der Waals surface area contributed by atoms with Crippen molar-refractivity contribution in [1.82, 2.24) is 20.1 Å². The predicted octanol–water partition coefficient (Wildman–Crippen LogP) is 4.87. The number of carbonyl (C=O) groups is 1. The van der Waals surface area contributed by atoms with Crippen LogP contribution in [0.15, 0.2) is 84.0 Å². The number of rotatable bonds is 9. The summed E-state index contributed by atoms with van der Waals surface area (Å²) in [5.74, 6) is 1.67. The van der Waals surface area contributed by atoms with Gasteiger partial charge in [0.05, 0.1) is 5.75 Å². The number of aromatic nitrogens is 3. The number of carbonyl (C=O) groups excluding carboxylic acids is 1. The van der Waals surface area contributed by atoms with Crippen molar-refractivity contribution in [2.45, 2.75) is 32.2 Å². The van der Waals surface area contributed by atoms with Crippen LogP contribution in [0.5, 0.6) is 5.75 Å². The summed E-state index contributed by atoms with van der Waals surface area (Å²) < 4.78 is 7.95.